The first kappa shape index (κ1) is 14.0. The molecule has 1 unspecified atom stereocenters. The van der Waals surface area contributed by atoms with E-state index in [0.29, 0.717) is 0 Å². The average Bonchev–Trinajstić information content (AvgIpc) is 2.38. The number of morpholine rings is 1. The molecule has 0 spiro atoms. The lowest BCUT2D eigenvalue weighted by Gasteiger charge is -2.26. The third-order valence-corrected chi connectivity index (χ3v) is 4.10. The minimum Gasteiger partial charge on any atom is -0.389 e. The second kappa shape index (κ2) is 6.66. The van der Waals surface area contributed by atoms with Gasteiger partial charge in [-0.05, 0) is 30.5 Å². The zero-order chi connectivity index (χ0) is 13.0. The Morgan fingerprint density at radius 3 is 2.72 bits per heavy atom. The molecule has 1 aromatic carbocycles. The van der Waals surface area contributed by atoms with Crippen molar-refractivity contribution >= 4 is 15.9 Å². The molecule has 0 aliphatic carbocycles. The van der Waals surface area contributed by atoms with Crippen molar-refractivity contribution in [3.63, 3.8) is 0 Å². The summed E-state index contributed by atoms with van der Waals surface area (Å²) in [4.78, 5) is 2.43. The Balaban J connectivity index is 1.92. The molecule has 1 aliphatic heterocycles. The van der Waals surface area contributed by atoms with E-state index in [1.54, 1.807) is 6.92 Å². The first-order chi connectivity index (χ1) is 8.66. The number of aliphatic hydroxyl groups excluding tert-OH is 1. The van der Waals surface area contributed by atoms with Crippen molar-refractivity contribution < 1.29 is 9.84 Å². The van der Waals surface area contributed by atoms with Gasteiger partial charge in [-0.1, -0.05) is 28.1 Å². The zero-order valence-corrected chi connectivity index (χ0v) is 12.3. The maximum atomic E-state index is 9.53. The minimum absolute atomic E-state index is 0.408. The van der Waals surface area contributed by atoms with Crippen molar-refractivity contribution in [2.45, 2.75) is 19.4 Å². The summed E-state index contributed by atoms with van der Waals surface area (Å²) in [7, 11) is 0. The molecule has 0 saturated carbocycles. The van der Waals surface area contributed by atoms with E-state index in [-0.39, 0.29) is 0 Å². The number of benzene rings is 1. The fraction of sp³-hybridized carbons (Fsp3) is 0.571. The van der Waals surface area contributed by atoms with Gasteiger partial charge in [0.1, 0.15) is 0 Å². The van der Waals surface area contributed by atoms with Crippen LogP contribution in [0.5, 0.6) is 0 Å². The first-order valence-corrected chi connectivity index (χ1v) is 7.22. The lowest BCUT2D eigenvalue weighted by Crippen LogP contribution is -2.37. The number of ether oxygens (including phenoxy) is 1. The van der Waals surface area contributed by atoms with E-state index in [2.05, 4.69) is 26.9 Å². The van der Waals surface area contributed by atoms with Crippen molar-refractivity contribution in [1.29, 1.82) is 0 Å². The summed E-state index contributed by atoms with van der Waals surface area (Å²) in [5.74, 6) is 0. The molecule has 18 heavy (non-hydrogen) atoms. The maximum Gasteiger partial charge on any atom is 0.0762 e. The Bertz CT molecular complexity index is 389. The number of hydrogen-bond donors (Lipinski definition) is 1. The van der Waals surface area contributed by atoms with Crippen LogP contribution in [0.25, 0.3) is 0 Å². The zero-order valence-electron chi connectivity index (χ0n) is 10.7. The van der Waals surface area contributed by atoms with Crippen LogP contribution in [-0.2, 0) is 11.2 Å². The predicted molar refractivity (Wildman–Crippen MR) is 75.7 cm³/mol. The summed E-state index contributed by atoms with van der Waals surface area (Å²) in [5.41, 5.74) is 2.25. The third kappa shape index (κ3) is 3.79. The Kier molecular flexibility index (Phi) is 5.18. The monoisotopic (exact) mass is 313 g/mol. The molecule has 1 N–H and O–H groups in total. The summed E-state index contributed by atoms with van der Waals surface area (Å²) in [6, 6.07) is 6.12. The number of hydrogen-bond acceptors (Lipinski definition) is 3. The molecule has 0 amide bonds. The van der Waals surface area contributed by atoms with E-state index in [9.17, 15) is 5.11 Å². The van der Waals surface area contributed by atoms with E-state index >= 15 is 0 Å². The molecular formula is C14H20BrNO2. The van der Waals surface area contributed by atoms with Crippen LogP contribution >= 0.6 is 15.9 Å². The third-order valence-electron chi connectivity index (χ3n) is 3.36. The van der Waals surface area contributed by atoms with Gasteiger partial charge in [0.15, 0.2) is 0 Å². The van der Waals surface area contributed by atoms with Gasteiger partial charge in [0, 0.05) is 24.1 Å². The molecule has 1 saturated heterocycles. The van der Waals surface area contributed by atoms with Gasteiger partial charge >= 0.3 is 0 Å². The second-order valence-corrected chi connectivity index (χ2v) is 5.59. The highest BCUT2D eigenvalue weighted by atomic mass is 79.9. The molecule has 1 atom stereocenters. The van der Waals surface area contributed by atoms with Crippen LogP contribution in [-0.4, -0.2) is 42.9 Å². The smallest absolute Gasteiger partial charge is 0.0762 e. The topological polar surface area (TPSA) is 32.7 Å². The van der Waals surface area contributed by atoms with E-state index < -0.39 is 6.10 Å². The maximum absolute atomic E-state index is 9.53. The highest BCUT2D eigenvalue weighted by Gasteiger charge is 2.11. The fourth-order valence-electron chi connectivity index (χ4n) is 2.13. The average molecular weight is 314 g/mol. The summed E-state index contributed by atoms with van der Waals surface area (Å²) < 4.78 is 6.43. The normalized spacial score (nSPS) is 18.8. The van der Waals surface area contributed by atoms with Gasteiger partial charge in [-0.25, -0.2) is 0 Å². The van der Waals surface area contributed by atoms with Crippen molar-refractivity contribution in [3.8, 4) is 0 Å². The van der Waals surface area contributed by atoms with Crippen molar-refractivity contribution in [3.05, 3.63) is 33.8 Å². The number of nitrogens with zero attached hydrogens (tertiary/aromatic N) is 1. The molecule has 0 aromatic heterocycles. The van der Waals surface area contributed by atoms with Crippen LogP contribution in [0.4, 0.5) is 0 Å². The molecule has 1 heterocycles. The van der Waals surface area contributed by atoms with Crippen LogP contribution < -0.4 is 0 Å². The molecular weight excluding hydrogens is 294 g/mol. The quantitative estimate of drug-likeness (QED) is 0.926. The molecule has 3 nitrogen and oxygen atoms in total. The molecule has 2 rings (SSSR count). The summed E-state index contributed by atoms with van der Waals surface area (Å²) in [6.07, 6.45) is 0.621. The number of rotatable bonds is 4. The van der Waals surface area contributed by atoms with Crippen LogP contribution in [0.15, 0.2) is 22.7 Å². The molecule has 4 heteroatoms. The molecule has 100 valence electrons. The standard InChI is InChI=1S/C14H20BrNO2/c1-11(17)13-3-2-12(14(15)10-13)4-5-16-6-8-18-9-7-16/h2-3,10-11,17H,4-9H2,1H3. The Labute approximate surface area is 117 Å². The molecule has 1 fully saturated rings. The van der Waals surface area contributed by atoms with Crippen LogP contribution in [0.2, 0.25) is 0 Å². The molecule has 1 aliphatic rings. The van der Waals surface area contributed by atoms with Crippen LogP contribution in [0, 0.1) is 0 Å². The largest absolute Gasteiger partial charge is 0.389 e. The number of halogens is 1. The lowest BCUT2D eigenvalue weighted by atomic mass is 10.1. The highest BCUT2D eigenvalue weighted by molar-refractivity contribution is 9.10. The van der Waals surface area contributed by atoms with Gasteiger partial charge in [-0.3, -0.25) is 4.90 Å². The Hall–Kier alpha value is -0.420. The minimum atomic E-state index is -0.408. The predicted octanol–water partition coefficient (Wildman–Crippen LogP) is 2.38. The van der Waals surface area contributed by atoms with E-state index in [1.165, 1.54) is 5.56 Å². The van der Waals surface area contributed by atoms with Gasteiger partial charge < -0.3 is 9.84 Å². The van der Waals surface area contributed by atoms with E-state index in [4.69, 9.17) is 4.74 Å². The summed E-state index contributed by atoms with van der Waals surface area (Å²) in [6.45, 7) is 6.61. The van der Waals surface area contributed by atoms with E-state index in [0.717, 1.165) is 49.3 Å². The van der Waals surface area contributed by atoms with Gasteiger partial charge in [0.2, 0.25) is 0 Å². The summed E-state index contributed by atoms with van der Waals surface area (Å²) >= 11 is 3.59. The fourth-order valence-corrected chi connectivity index (χ4v) is 2.72. The molecule has 1 aromatic rings. The Morgan fingerprint density at radius 1 is 1.39 bits per heavy atom. The van der Waals surface area contributed by atoms with Gasteiger partial charge in [-0.15, -0.1) is 0 Å². The van der Waals surface area contributed by atoms with Gasteiger partial charge in [0.25, 0.3) is 0 Å². The van der Waals surface area contributed by atoms with Gasteiger partial charge in [-0.2, -0.15) is 0 Å². The summed E-state index contributed by atoms with van der Waals surface area (Å²) in [5, 5.41) is 9.53. The Morgan fingerprint density at radius 2 is 2.11 bits per heavy atom. The lowest BCUT2D eigenvalue weighted by molar-refractivity contribution is 0.0384. The SMILES string of the molecule is CC(O)c1ccc(CCN2CCOCC2)c(Br)c1. The first-order valence-electron chi connectivity index (χ1n) is 6.43. The van der Waals surface area contributed by atoms with Gasteiger partial charge in [0.05, 0.1) is 19.3 Å². The van der Waals surface area contributed by atoms with Crippen molar-refractivity contribution in [1.82, 2.24) is 4.90 Å². The number of aliphatic hydroxyl groups is 1. The highest BCUT2D eigenvalue weighted by Crippen LogP contribution is 2.23. The van der Waals surface area contributed by atoms with E-state index in [1.807, 2.05) is 12.1 Å². The molecule has 0 bridgehead atoms. The van der Waals surface area contributed by atoms with Crippen molar-refractivity contribution in [2.75, 3.05) is 32.8 Å². The van der Waals surface area contributed by atoms with Crippen LogP contribution in [0.3, 0.4) is 0 Å². The van der Waals surface area contributed by atoms with Crippen LogP contribution in [0.1, 0.15) is 24.2 Å². The second-order valence-electron chi connectivity index (χ2n) is 4.73. The molecule has 0 radical (unpaired) electrons. The van der Waals surface area contributed by atoms with Crippen molar-refractivity contribution in [2.24, 2.45) is 0 Å².